The Hall–Kier alpha value is -0.0800. The highest BCUT2D eigenvalue weighted by Crippen LogP contribution is 2.43. The van der Waals surface area contributed by atoms with Gasteiger partial charge in [-0.1, -0.05) is 26.2 Å². The topological polar surface area (TPSA) is 21.3 Å². The molecule has 2 heteroatoms. The second-order valence-electron chi connectivity index (χ2n) is 6.21. The normalized spacial score (nSPS) is 30.4. The minimum Gasteiger partial charge on any atom is -0.375 e. The lowest BCUT2D eigenvalue weighted by atomic mass is 9.72. The van der Waals surface area contributed by atoms with Crippen LogP contribution in [-0.4, -0.2) is 25.8 Å². The molecule has 1 spiro atoms. The first kappa shape index (κ1) is 13.4. The van der Waals surface area contributed by atoms with Crippen molar-refractivity contribution in [2.24, 2.45) is 11.8 Å². The average molecular weight is 239 g/mol. The zero-order valence-corrected chi connectivity index (χ0v) is 11.6. The van der Waals surface area contributed by atoms with Crippen LogP contribution in [0.1, 0.15) is 58.3 Å². The van der Waals surface area contributed by atoms with Gasteiger partial charge >= 0.3 is 0 Å². The third-order valence-corrected chi connectivity index (χ3v) is 4.95. The molecule has 2 rings (SSSR count). The van der Waals surface area contributed by atoms with Crippen molar-refractivity contribution in [3.63, 3.8) is 0 Å². The molecule has 1 aliphatic heterocycles. The van der Waals surface area contributed by atoms with Crippen LogP contribution < -0.4 is 5.32 Å². The molecule has 0 aromatic heterocycles. The van der Waals surface area contributed by atoms with Crippen molar-refractivity contribution < 1.29 is 4.74 Å². The van der Waals surface area contributed by atoms with E-state index in [-0.39, 0.29) is 5.60 Å². The quantitative estimate of drug-likeness (QED) is 0.812. The predicted octanol–water partition coefficient (Wildman–Crippen LogP) is 3.36. The number of ether oxygens (including phenoxy) is 1. The predicted molar refractivity (Wildman–Crippen MR) is 72.2 cm³/mol. The second kappa shape index (κ2) is 6.19. The van der Waals surface area contributed by atoms with Crippen LogP contribution in [-0.2, 0) is 4.74 Å². The molecule has 0 amide bonds. The van der Waals surface area contributed by atoms with E-state index in [1.54, 1.807) is 0 Å². The summed E-state index contributed by atoms with van der Waals surface area (Å²) < 4.78 is 6.18. The average Bonchev–Trinajstić information content (AvgIpc) is 2.37. The van der Waals surface area contributed by atoms with Gasteiger partial charge in [0.1, 0.15) is 0 Å². The molecule has 2 atom stereocenters. The Morgan fingerprint density at radius 1 is 1.29 bits per heavy atom. The molecule has 0 bridgehead atoms. The van der Waals surface area contributed by atoms with Crippen LogP contribution in [0.25, 0.3) is 0 Å². The number of hydrogen-bond acceptors (Lipinski definition) is 2. The molecule has 0 radical (unpaired) electrons. The fourth-order valence-corrected chi connectivity index (χ4v) is 3.70. The van der Waals surface area contributed by atoms with Crippen LogP contribution in [0.3, 0.4) is 0 Å². The lowest BCUT2D eigenvalue weighted by Crippen LogP contribution is -2.43. The van der Waals surface area contributed by atoms with E-state index < -0.39 is 0 Å². The van der Waals surface area contributed by atoms with Crippen LogP contribution in [0.15, 0.2) is 0 Å². The fraction of sp³-hybridized carbons (Fsp3) is 1.00. The third-order valence-electron chi connectivity index (χ3n) is 4.95. The Labute approximate surface area is 107 Å². The molecule has 17 heavy (non-hydrogen) atoms. The van der Waals surface area contributed by atoms with Crippen LogP contribution in [0, 0.1) is 11.8 Å². The van der Waals surface area contributed by atoms with Crippen molar-refractivity contribution in [2.45, 2.75) is 63.9 Å². The van der Waals surface area contributed by atoms with Crippen LogP contribution in [0.4, 0.5) is 0 Å². The fourth-order valence-electron chi connectivity index (χ4n) is 3.70. The summed E-state index contributed by atoms with van der Waals surface area (Å²) in [5, 5.41) is 3.28. The van der Waals surface area contributed by atoms with Crippen LogP contribution in [0.5, 0.6) is 0 Å². The molecule has 1 aliphatic carbocycles. The first-order valence-electron chi connectivity index (χ1n) is 7.54. The molecule has 1 heterocycles. The smallest absolute Gasteiger partial charge is 0.0685 e. The maximum atomic E-state index is 6.18. The Bertz CT molecular complexity index is 217. The standard InChI is InChI=1S/C15H29NO/c1-13(6-10-16-2)14-7-11-17-15(12-14)8-4-3-5-9-15/h13-14,16H,3-12H2,1-2H3. The van der Waals surface area contributed by atoms with E-state index in [1.165, 1.54) is 51.4 Å². The van der Waals surface area contributed by atoms with E-state index in [9.17, 15) is 0 Å². The lowest BCUT2D eigenvalue weighted by molar-refractivity contribution is -0.124. The molecular weight excluding hydrogens is 210 g/mol. The second-order valence-corrected chi connectivity index (χ2v) is 6.21. The molecule has 100 valence electrons. The molecule has 1 saturated heterocycles. The van der Waals surface area contributed by atoms with E-state index in [4.69, 9.17) is 4.74 Å². The van der Waals surface area contributed by atoms with Gasteiger partial charge in [0.05, 0.1) is 5.60 Å². The highest BCUT2D eigenvalue weighted by molar-refractivity contribution is 4.90. The summed E-state index contributed by atoms with van der Waals surface area (Å²) in [6.07, 6.45) is 10.8. The monoisotopic (exact) mass is 239 g/mol. The van der Waals surface area contributed by atoms with Crippen molar-refractivity contribution in [1.29, 1.82) is 0 Å². The van der Waals surface area contributed by atoms with Gasteiger partial charge in [-0.25, -0.2) is 0 Å². The van der Waals surface area contributed by atoms with Gasteiger partial charge in [0.15, 0.2) is 0 Å². The molecule has 1 saturated carbocycles. The van der Waals surface area contributed by atoms with Gasteiger partial charge in [0, 0.05) is 6.61 Å². The van der Waals surface area contributed by atoms with Gasteiger partial charge in [-0.2, -0.15) is 0 Å². The van der Waals surface area contributed by atoms with Crippen molar-refractivity contribution in [3.8, 4) is 0 Å². The summed E-state index contributed by atoms with van der Waals surface area (Å²) >= 11 is 0. The Morgan fingerprint density at radius 2 is 2.06 bits per heavy atom. The molecule has 2 unspecified atom stereocenters. The highest BCUT2D eigenvalue weighted by atomic mass is 16.5. The zero-order valence-electron chi connectivity index (χ0n) is 11.6. The van der Waals surface area contributed by atoms with E-state index in [0.717, 1.165) is 25.0 Å². The largest absolute Gasteiger partial charge is 0.375 e. The van der Waals surface area contributed by atoms with Crippen molar-refractivity contribution in [1.82, 2.24) is 5.32 Å². The van der Waals surface area contributed by atoms with Crippen LogP contribution in [0.2, 0.25) is 0 Å². The number of hydrogen-bond donors (Lipinski definition) is 1. The minimum atomic E-state index is 0.287. The minimum absolute atomic E-state index is 0.287. The lowest BCUT2D eigenvalue weighted by Gasteiger charge is -2.45. The van der Waals surface area contributed by atoms with Gasteiger partial charge in [0.2, 0.25) is 0 Å². The van der Waals surface area contributed by atoms with Crippen molar-refractivity contribution in [2.75, 3.05) is 20.2 Å². The van der Waals surface area contributed by atoms with E-state index in [2.05, 4.69) is 19.3 Å². The maximum absolute atomic E-state index is 6.18. The third kappa shape index (κ3) is 3.45. The van der Waals surface area contributed by atoms with Gasteiger partial charge in [0.25, 0.3) is 0 Å². The first-order chi connectivity index (χ1) is 8.26. The van der Waals surface area contributed by atoms with Gasteiger partial charge in [-0.3, -0.25) is 0 Å². The zero-order chi connectivity index (χ0) is 12.1. The Kier molecular flexibility index (Phi) is 4.87. The van der Waals surface area contributed by atoms with Gasteiger partial charge < -0.3 is 10.1 Å². The molecule has 2 aliphatic rings. The van der Waals surface area contributed by atoms with E-state index >= 15 is 0 Å². The summed E-state index contributed by atoms with van der Waals surface area (Å²) in [6, 6.07) is 0. The molecule has 0 aromatic rings. The van der Waals surface area contributed by atoms with Crippen LogP contribution >= 0.6 is 0 Å². The molecule has 2 fully saturated rings. The van der Waals surface area contributed by atoms with Gasteiger partial charge in [-0.05, 0) is 57.5 Å². The molecule has 2 nitrogen and oxygen atoms in total. The summed E-state index contributed by atoms with van der Waals surface area (Å²) in [5.41, 5.74) is 0.287. The summed E-state index contributed by atoms with van der Waals surface area (Å²) in [4.78, 5) is 0. The van der Waals surface area contributed by atoms with Gasteiger partial charge in [-0.15, -0.1) is 0 Å². The van der Waals surface area contributed by atoms with Crippen molar-refractivity contribution >= 4 is 0 Å². The molecular formula is C15H29NO. The molecule has 0 aromatic carbocycles. The first-order valence-corrected chi connectivity index (χ1v) is 7.54. The number of rotatable bonds is 4. The van der Waals surface area contributed by atoms with E-state index in [0.29, 0.717) is 0 Å². The molecule has 1 N–H and O–H groups in total. The summed E-state index contributed by atoms with van der Waals surface area (Å²) in [7, 11) is 2.05. The summed E-state index contributed by atoms with van der Waals surface area (Å²) in [5.74, 6) is 1.75. The Morgan fingerprint density at radius 3 is 2.76 bits per heavy atom. The highest BCUT2D eigenvalue weighted by Gasteiger charge is 2.39. The number of nitrogens with one attached hydrogen (secondary N) is 1. The SMILES string of the molecule is CNCCC(C)C1CCOC2(CCCCC2)C1. The maximum Gasteiger partial charge on any atom is 0.0685 e. The van der Waals surface area contributed by atoms with E-state index in [1.807, 2.05) is 0 Å². The van der Waals surface area contributed by atoms with Crippen molar-refractivity contribution in [3.05, 3.63) is 0 Å². The Balaban J connectivity index is 1.87. The summed E-state index contributed by atoms with van der Waals surface area (Å²) in [6.45, 7) is 4.60.